The van der Waals surface area contributed by atoms with E-state index in [4.69, 9.17) is 0 Å². The van der Waals surface area contributed by atoms with Gasteiger partial charge in [-0.25, -0.2) is 0 Å². The van der Waals surface area contributed by atoms with E-state index in [0.29, 0.717) is 35.5 Å². The van der Waals surface area contributed by atoms with Crippen LogP contribution in [0.3, 0.4) is 0 Å². The van der Waals surface area contributed by atoms with Gasteiger partial charge in [0.2, 0.25) is 5.91 Å². The van der Waals surface area contributed by atoms with Crippen molar-refractivity contribution in [2.45, 2.75) is 19.0 Å². The molecule has 0 unspecified atom stereocenters. The van der Waals surface area contributed by atoms with Gasteiger partial charge in [-0.1, -0.05) is 36.4 Å². The first-order valence-corrected chi connectivity index (χ1v) is 12.7. The van der Waals surface area contributed by atoms with Gasteiger partial charge >= 0.3 is 6.18 Å². The van der Waals surface area contributed by atoms with Gasteiger partial charge in [0.15, 0.2) is 0 Å². The summed E-state index contributed by atoms with van der Waals surface area (Å²) in [7, 11) is 3.29. The molecular weight excluding hydrogens is 517 g/mol. The molecule has 0 fully saturated rings. The summed E-state index contributed by atoms with van der Waals surface area (Å²) in [6.07, 6.45) is -2.22. The normalized spacial score (nSPS) is 12.7. The summed E-state index contributed by atoms with van der Waals surface area (Å²) >= 11 is 0. The van der Waals surface area contributed by atoms with Gasteiger partial charge in [0.1, 0.15) is 0 Å². The minimum Gasteiger partial charge on any atom is -0.377 e. The molecule has 204 valence electrons. The Morgan fingerprint density at radius 2 is 1.73 bits per heavy atom. The molecule has 0 aliphatic carbocycles. The summed E-state index contributed by atoms with van der Waals surface area (Å²) in [5.41, 5.74) is 3.05. The highest BCUT2D eigenvalue weighted by Crippen LogP contribution is 2.40. The van der Waals surface area contributed by atoms with Gasteiger partial charge in [-0.2, -0.15) is 13.2 Å². The van der Waals surface area contributed by atoms with E-state index in [-0.39, 0.29) is 23.6 Å². The molecule has 1 aliphatic rings. The van der Waals surface area contributed by atoms with Crippen LogP contribution in [0.2, 0.25) is 0 Å². The van der Waals surface area contributed by atoms with Crippen LogP contribution >= 0.6 is 0 Å². The van der Waals surface area contributed by atoms with E-state index in [1.54, 1.807) is 90.8 Å². The zero-order valence-corrected chi connectivity index (χ0v) is 22.0. The number of nitrogens with zero attached hydrogens (tertiary/aromatic N) is 3. The third kappa shape index (κ3) is 5.54. The van der Waals surface area contributed by atoms with E-state index in [9.17, 15) is 22.8 Å². The first kappa shape index (κ1) is 26.9. The molecule has 0 atom stereocenters. The number of hydrogen-bond acceptors (Lipinski definition) is 4. The van der Waals surface area contributed by atoms with E-state index in [1.165, 1.54) is 0 Å². The predicted molar refractivity (Wildman–Crippen MR) is 150 cm³/mol. The second-order valence-corrected chi connectivity index (χ2v) is 9.77. The molecule has 4 aromatic rings. The summed E-state index contributed by atoms with van der Waals surface area (Å²) in [5.74, 6) is -0.740. The maximum atomic E-state index is 13.8. The van der Waals surface area contributed by atoms with Crippen molar-refractivity contribution in [2.24, 2.45) is 0 Å². The number of rotatable bonds is 6. The third-order valence-corrected chi connectivity index (χ3v) is 6.83. The molecule has 0 spiro atoms. The summed E-state index contributed by atoms with van der Waals surface area (Å²) in [5, 5.41) is 2.79. The molecular formula is C31H27F3N4O2. The number of amides is 2. The lowest BCUT2D eigenvalue weighted by Gasteiger charge is -2.23. The van der Waals surface area contributed by atoms with E-state index in [2.05, 4.69) is 10.3 Å². The Bertz CT molecular complexity index is 1550. The minimum absolute atomic E-state index is 0.0816. The summed E-state index contributed by atoms with van der Waals surface area (Å²) in [6.45, 7) is 0.496. The van der Waals surface area contributed by atoms with Gasteiger partial charge in [-0.3, -0.25) is 14.6 Å². The molecule has 5 rings (SSSR count). The van der Waals surface area contributed by atoms with Crippen molar-refractivity contribution < 1.29 is 22.8 Å². The lowest BCUT2D eigenvalue weighted by atomic mass is 9.94. The number of nitrogens with one attached hydrogen (secondary N) is 1. The number of hydrogen-bond donors (Lipinski definition) is 1. The highest BCUT2D eigenvalue weighted by Gasteiger charge is 2.34. The molecule has 0 radical (unpaired) electrons. The fourth-order valence-electron chi connectivity index (χ4n) is 4.92. The number of aromatic nitrogens is 1. The van der Waals surface area contributed by atoms with Crippen LogP contribution in [0.4, 0.5) is 30.2 Å². The summed E-state index contributed by atoms with van der Waals surface area (Å²) in [4.78, 5) is 34.0. The molecule has 0 saturated heterocycles. The van der Waals surface area contributed by atoms with Crippen molar-refractivity contribution in [3.8, 4) is 11.1 Å². The second kappa shape index (κ2) is 10.8. The van der Waals surface area contributed by atoms with E-state index >= 15 is 0 Å². The quantitative estimate of drug-likeness (QED) is 0.313. The van der Waals surface area contributed by atoms with Gasteiger partial charge < -0.3 is 15.1 Å². The van der Waals surface area contributed by atoms with Crippen LogP contribution in [0.15, 0.2) is 85.1 Å². The second-order valence-electron chi connectivity index (χ2n) is 9.77. The molecule has 1 aromatic heterocycles. The molecule has 40 heavy (non-hydrogen) atoms. The highest BCUT2D eigenvalue weighted by atomic mass is 19.4. The Morgan fingerprint density at radius 3 is 2.40 bits per heavy atom. The smallest absolute Gasteiger partial charge is 0.377 e. The number of carbonyl (C=O) groups is 2. The average molecular weight is 545 g/mol. The lowest BCUT2D eigenvalue weighted by molar-refractivity contribution is -0.137. The van der Waals surface area contributed by atoms with Gasteiger partial charge in [-0.15, -0.1) is 0 Å². The summed E-state index contributed by atoms with van der Waals surface area (Å²) in [6, 6.07) is 21.4. The Kier molecular flexibility index (Phi) is 7.30. The zero-order valence-electron chi connectivity index (χ0n) is 22.0. The van der Waals surface area contributed by atoms with Crippen LogP contribution in [-0.2, 0) is 23.8 Å². The first-order valence-electron chi connectivity index (χ1n) is 12.7. The van der Waals surface area contributed by atoms with Gasteiger partial charge in [0, 0.05) is 55.2 Å². The first-order chi connectivity index (χ1) is 19.1. The number of benzene rings is 3. The van der Waals surface area contributed by atoms with Gasteiger partial charge in [-0.05, 0) is 60.0 Å². The molecule has 2 amide bonds. The Hall–Kier alpha value is -4.66. The monoisotopic (exact) mass is 544 g/mol. The number of halogens is 3. The van der Waals surface area contributed by atoms with E-state index in [0.717, 1.165) is 23.4 Å². The number of fused-ring (bicyclic) bond motifs is 1. The van der Waals surface area contributed by atoms with Crippen LogP contribution in [0, 0.1) is 0 Å². The maximum Gasteiger partial charge on any atom is 0.416 e. The number of carbonyl (C=O) groups excluding carboxylic acids is 2. The standard InChI is InChI=1S/C31H27F3N4O2/c1-37(2)27-18-22(31(32,33)34)17-25(29(27)20-8-4-3-5-9-20)30(40)36-24-11-12-26-21(16-24)13-15-38(26)28(39)19-23-10-6-7-14-35-23/h3-12,14,16-18H,13,15,19H2,1-2H3,(H,36,40). The molecule has 0 saturated carbocycles. The maximum absolute atomic E-state index is 13.8. The van der Waals surface area contributed by atoms with Crippen LogP contribution in [0.25, 0.3) is 11.1 Å². The van der Waals surface area contributed by atoms with E-state index < -0.39 is 17.6 Å². The number of anilines is 3. The number of alkyl halides is 3. The molecule has 0 bridgehead atoms. The van der Waals surface area contributed by atoms with Crippen LogP contribution in [0.5, 0.6) is 0 Å². The van der Waals surface area contributed by atoms with Crippen molar-refractivity contribution >= 4 is 28.9 Å². The van der Waals surface area contributed by atoms with Crippen LogP contribution in [0.1, 0.15) is 27.2 Å². The molecule has 2 heterocycles. The Morgan fingerprint density at radius 1 is 0.975 bits per heavy atom. The SMILES string of the molecule is CN(C)c1cc(C(F)(F)F)cc(C(=O)Nc2ccc3c(c2)CCN3C(=O)Cc2ccccn2)c1-c1ccccc1. The van der Waals surface area contributed by atoms with Crippen molar-refractivity contribution in [3.05, 3.63) is 107 Å². The largest absolute Gasteiger partial charge is 0.416 e. The highest BCUT2D eigenvalue weighted by molar-refractivity contribution is 6.11. The molecule has 9 heteroatoms. The van der Waals surface area contributed by atoms with Crippen LogP contribution < -0.4 is 15.1 Å². The lowest BCUT2D eigenvalue weighted by Crippen LogP contribution is -2.30. The van der Waals surface area contributed by atoms with E-state index in [1.807, 2.05) is 6.07 Å². The molecule has 3 aromatic carbocycles. The average Bonchev–Trinajstić information content (AvgIpc) is 3.36. The van der Waals surface area contributed by atoms with Crippen molar-refractivity contribution in [1.82, 2.24) is 4.98 Å². The van der Waals surface area contributed by atoms with Crippen molar-refractivity contribution in [1.29, 1.82) is 0 Å². The molecule has 1 N–H and O–H groups in total. The van der Waals surface area contributed by atoms with Crippen LogP contribution in [-0.4, -0.2) is 37.4 Å². The van der Waals surface area contributed by atoms with Gasteiger partial charge in [0.25, 0.3) is 5.91 Å². The predicted octanol–water partition coefficient (Wildman–Crippen LogP) is 6.22. The van der Waals surface area contributed by atoms with Crippen molar-refractivity contribution in [2.75, 3.05) is 35.8 Å². The third-order valence-electron chi connectivity index (χ3n) is 6.83. The van der Waals surface area contributed by atoms with Gasteiger partial charge in [0.05, 0.1) is 17.5 Å². The number of pyridine rings is 1. The minimum atomic E-state index is -4.63. The fraction of sp³-hybridized carbons (Fsp3) is 0.194. The zero-order chi connectivity index (χ0) is 28.4. The summed E-state index contributed by atoms with van der Waals surface area (Å²) < 4.78 is 41.5. The molecule has 6 nitrogen and oxygen atoms in total. The topological polar surface area (TPSA) is 65.5 Å². The van der Waals surface area contributed by atoms with Crippen molar-refractivity contribution in [3.63, 3.8) is 0 Å². The Labute approximate surface area is 230 Å². The Balaban J connectivity index is 1.46. The fourth-order valence-corrected chi connectivity index (χ4v) is 4.92. The molecule has 1 aliphatic heterocycles.